The van der Waals surface area contributed by atoms with E-state index < -0.39 is 35.2 Å². The van der Waals surface area contributed by atoms with E-state index in [-0.39, 0.29) is 55.7 Å². The molecule has 1 aliphatic carbocycles. The van der Waals surface area contributed by atoms with Crippen molar-refractivity contribution < 1.29 is 33.4 Å². The monoisotopic (exact) mass is 619 g/mol. The van der Waals surface area contributed by atoms with Crippen LogP contribution in [0.5, 0.6) is 0 Å². The molecule has 2 aromatic heterocycles. The summed E-state index contributed by atoms with van der Waals surface area (Å²) < 4.78 is 27.7. The normalized spacial score (nSPS) is 23.0. The lowest BCUT2D eigenvalue weighted by atomic mass is 9.81. The minimum absolute atomic E-state index is 0.00794. The molecule has 45 heavy (non-hydrogen) atoms. The minimum Gasteiger partial charge on any atom is -0.458 e. The molecule has 7 rings (SSSR count). The van der Waals surface area contributed by atoms with E-state index in [1.165, 1.54) is 10.6 Å². The van der Waals surface area contributed by atoms with Crippen LogP contribution in [0.3, 0.4) is 0 Å². The maximum Gasteiger partial charge on any atom is 0.343 e. The van der Waals surface area contributed by atoms with Crippen LogP contribution in [0, 0.1) is 12.7 Å². The van der Waals surface area contributed by atoms with E-state index in [0.29, 0.717) is 53.8 Å². The van der Waals surface area contributed by atoms with Crippen LogP contribution in [0.15, 0.2) is 16.9 Å². The van der Waals surface area contributed by atoms with Crippen LogP contribution in [0.2, 0.25) is 0 Å². The fourth-order valence-electron chi connectivity index (χ4n) is 7.42. The minimum atomic E-state index is -1.98. The highest BCUT2D eigenvalue weighted by molar-refractivity contribution is 5.94. The third-order valence-corrected chi connectivity index (χ3v) is 9.81. The van der Waals surface area contributed by atoms with Crippen molar-refractivity contribution in [3.05, 3.63) is 61.7 Å². The number of aromatic nitrogens is 2. The first-order valence-corrected chi connectivity index (χ1v) is 15.3. The van der Waals surface area contributed by atoms with Gasteiger partial charge in [0.1, 0.15) is 25.3 Å². The van der Waals surface area contributed by atoms with Crippen molar-refractivity contribution in [3.8, 4) is 11.4 Å². The number of nitrogens with one attached hydrogen (secondary N) is 1. The van der Waals surface area contributed by atoms with Crippen LogP contribution in [0.4, 0.5) is 4.39 Å². The molecule has 4 N–H and O–H groups in total. The molecule has 5 heterocycles. The zero-order valence-electron chi connectivity index (χ0n) is 25.1. The molecule has 0 radical (unpaired) electrons. The van der Waals surface area contributed by atoms with Crippen molar-refractivity contribution in [1.29, 1.82) is 0 Å². The molecule has 3 aliphatic heterocycles. The van der Waals surface area contributed by atoms with Gasteiger partial charge < -0.3 is 35.1 Å². The van der Waals surface area contributed by atoms with Crippen LogP contribution >= 0.6 is 0 Å². The third kappa shape index (κ3) is 4.39. The summed E-state index contributed by atoms with van der Waals surface area (Å²) in [6.07, 6.45) is 1.84. The molecule has 3 atom stereocenters. The number of nitrogens with two attached hydrogens (primary N) is 1. The molecule has 1 aromatic carbocycles. The van der Waals surface area contributed by atoms with Gasteiger partial charge in [0.05, 0.1) is 41.6 Å². The fraction of sp³-hybridized carbons (Fsp3) is 0.469. The Hall–Kier alpha value is -4.20. The standard InChI is InChI=1S/C32H34FN5O7/c1-3-32(43)19-9-23-29-17(12-38(23)30(41)18(19)13-45-31(32)42)28-21(7-6-16-15(2)20(33)10-22(36-29)27(16)28)35-24(39)14-44-26-5-4-8-37(26)25(40)11-34/h9-10,21,26,43H,3-8,11-14,34H2,1-2H3,(H,35,39)/t21-,26?,32-/m0/s1. The van der Waals surface area contributed by atoms with E-state index in [0.717, 1.165) is 22.9 Å². The van der Waals surface area contributed by atoms with E-state index in [9.17, 15) is 24.3 Å². The smallest absolute Gasteiger partial charge is 0.343 e. The molecule has 236 valence electrons. The van der Waals surface area contributed by atoms with E-state index in [2.05, 4.69) is 5.32 Å². The van der Waals surface area contributed by atoms with Crippen molar-refractivity contribution in [2.24, 2.45) is 5.73 Å². The van der Waals surface area contributed by atoms with Crippen molar-refractivity contribution in [2.75, 3.05) is 19.7 Å². The number of halogens is 1. The second-order valence-corrected chi connectivity index (χ2v) is 12.2. The average molecular weight is 620 g/mol. The van der Waals surface area contributed by atoms with Crippen LogP contribution in [0.1, 0.15) is 72.0 Å². The number of fused-ring (bicyclic) bond motifs is 5. The Labute approximate surface area is 257 Å². The lowest BCUT2D eigenvalue weighted by molar-refractivity contribution is -0.172. The van der Waals surface area contributed by atoms with Crippen molar-refractivity contribution >= 4 is 28.7 Å². The van der Waals surface area contributed by atoms with Gasteiger partial charge >= 0.3 is 5.97 Å². The molecule has 2 amide bonds. The molecule has 0 saturated carbocycles. The zero-order chi connectivity index (χ0) is 31.8. The van der Waals surface area contributed by atoms with Crippen LogP contribution < -0.4 is 16.6 Å². The number of nitrogens with zero attached hydrogens (tertiary/aromatic N) is 3. The number of pyridine rings is 2. The molecule has 1 saturated heterocycles. The predicted octanol–water partition coefficient (Wildman–Crippen LogP) is 1.55. The molecule has 1 unspecified atom stereocenters. The molecule has 4 aliphatic rings. The number of esters is 1. The number of aliphatic hydroxyl groups is 1. The summed E-state index contributed by atoms with van der Waals surface area (Å²) >= 11 is 0. The maximum absolute atomic E-state index is 15.1. The second-order valence-electron chi connectivity index (χ2n) is 12.2. The van der Waals surface area contributed by atoms with Gasteiger partial charge in [-0.25, -0.2) is 14.2 Å². The first-order valence-electron chi connectivity index (χ1n) is 15.3. The number of aryl methyl sites for hydroxylation is 1. The van der Waals surface area contributed by atoms with Gasteiger partial charge in [0.15, 0.2) is 5.60 Å². The van der Waals surface area contributed by atoms with E-state index in [1.54, 1.807) is 24.8 Å². The number of hydrogen-bond donors (Lipinski definition) is 3. The van der Waals surface area contributed by atoms with E-state index >= 15 is 4.39 Å². The SMILES string of the molecule is CC[C@@]1(O)C(=O)OCc2c1cc1n(c2=O)Cc2c-1nc1cc(F)c(C)c3c1c2[C@@H](NC(=O)COC1CCCN1C(=O)CN)CC3. The highest BCUT2D eigenvalue weighted by Crippen LogP contribution is 2.46. The highest BCUT2D eigenvalue weighted by atomic mass is 19.1. The summed E-state index contributed by atoms with van der Waals surface area (Å²) in [5.41, 5.74) is 7.54. The van der Waals surface area contributed by atoms with Crippen molar-refractivity contribution in [1.82, 2.24) is 19.8 Å². The van der Waals surface area contributed by atoms with Gasteiger partial charge in [-0.05, 0) is 61.8 Å². The average Bonchev–Trinajstić information content (AvgIpc) is 3.66. The topological polar surface area (TPSA) is 166 Å². The third-order valence-electron chi connectivity index (χ3n) is 9.81. The number of rotatable bonds is 6. The molecule has 13 heteroatoms. The Morgan fingerprint density at radius 2 is 2.04 bits per heavy atom. The number of carbonyl (C=O) groups excluding carboxylic acids is 3. The molecule has 0 spiro atoms. The Morgan fingerprint density at radius 1 is 1.24 bits per heavy atom. The predicted molar refractivity (Wildman–Crippen MR) is 158 cm³/mol. The number of amides is 2. The second kappa shape index (κ2) is 10.7. The number of likely N-dealkylation sites (tertiary alicyclic amines) is 1. The Morgan fingerprint density at radius 3 is 2.80 bits per heavy atom. The molecular formula is C32H34FN5O7. The van der Waals surface area contributed by atoms with E-state index in [4.69, 9.17) is 20.2 Å². The van der Waals surface area contributed by atoms with Crippen molar-refractivity contribution in [2.45, 2.75) is 77.0 Å². The fourth-order valence-corrected chi connectivity index (χ4v) is 7.42. The first kappa shape index (κ1) is 29.5. The number of ether oxygens (including phenoxy) is 2. The molecule has 1 fully saturated rings. The number of carbonyl (C=O) groups is 3. The van der Waals surface area contributed by atoms with Gasteiger partial charge in [-0.2, -0.15) is 0 Å². The number of hydrogen-bond acceptors (Lipinski definition) is 9. The van der Waals surface area contributed by atoms with Gasteiger partial charge in [-0.3, -0.25) is 14.4 Å². The zero-order valence-corrected chi connectivity index (χ0v) is 25.1. The maximum atomic E-state index is 15.1. The van der Waals surface area contributed by atoms with Crippen LogP contribution in [-0.2, 0) is 49.0 Å². The van der Waals surface area contributed by atoms with Crippen LogP contribution in [0.25, 0.3) is 22.3 Å². The van der Waals surface area contributed by atoms with Crippen LogP contribution in [-0.4, -0.2) is 63.3 Å². The Balaban J connectivity index is 1.29. The first-order chi connectivity index (χ1) is 21.6. The highest BCUT2D eigenvalue weighted by Gasteiger charge is 2.46. The van der Waals surface area contributed by atoms with Gasteiger partial charge in [0, 0.05) is 29.1 Å². The molecule has 3 aromatic rings. The van der Waals surface area contributed by atoms with E-state index in [1.807, 2.05) is 0 Å². The summed E-state index contributed by atoms with van der Waals surface area (Å²) in [5, 5.41) is 15.1. The Kier molecular flexibility index (Phi) is 7.02. The van der Waals surface area contributed by atoms with Gasteiger partial charge in [-0.1, -0.05) is 6.92 Å². The van der Waals surface area contributed by atoms with Gasteiger partial charge in [0.25, 0.3) is 5.56 Å². The van der Waals surface area contributed by atoms with Gasteiger partial charge in [0.2, 0.25) is 11.8 Å². The van der Waals surface area contributed by atoms with Crippen molar-refractivity contribution in [3.63, 3.8) is 0 Å². The lowest BCUT2D eigenvalue weighted by Crippen LogP contribution is -2.44. The molecular weight excluding hydrogens is 585 g/mol. The summed E-state index contributed by atoms with van der Waals surface area (Å²) in [6.45, 7) is 3.37. The summed E-state index contributed by atoms with van der Waals surface area (Å²) in [5.74, 6) is -1.82. The summed E-state index contributed by atoms with van der Waals surface area (Å²) in [7, 11) is 0. The van der Waals surface area contributed by atoms with Gasteiger partial charge in [-0.15, -0.1) is 0 Å². The number of cyclic esters (lactones) is 1. The number of benzene rings is 1. The summed E-state index contributed by atoms with van der Waals surface area (Å²) in [4.78, 5) is 58.2. The molecule has 0 bridgehead atoms. The largest absolute Gasteiger partial charge is 0.458 e. The Bertz CT molecular complexity index is 1870. The molecule has 12 nitrogen and oxygen atoms in total. The summed E-state index contributed by atoms with van der Waals surface area (Å²) in [6, 6.07) is 2.50. The quantitative estimate of drug-likeness (QED) is 0.272. The lowest BCUT2D eigenvalue weighted by Gasteiger charge is -2.31.